The van der Waals surface area contributed by atoms with E-state index in [1.807, 2.05) is 0 Å². The van der Waals surface area contributed by atoms with Crippen molar-refractivity contribution in [3.8, 4) is 0 Å². The Labute approximate surface area is 50.6 Å². The summed E-state index contributed by atoms with van der Waals surface area (Å²) in [6, 6.07) is 0. The Balaban J connectivity index is 3.71. The van der Waals surface area contributed by atoms with E-state index in [2.05, 4.69) is 10.6 Å². The maximum atomic E-state index is 9.95. The summed E-state index contributed by atoms with van der Waals surface area (Å²) in [6.07, 6.45) is 1.49. The lowest BCUT2D eigenvalue weighted by molar-refractivity contribution is -0.228. The summed E-state index contributed by atoms with van der Waals surface area (Å²) in [4.78, 5) is 23.0. The summed E-state index contributed by atoms with van der Waals surface area (Å²) in [5, 5.41) is 7.59. The van der Waals surface area contributed by atoms with Gasteiger partial charge in [-0.25, -0.2) is 4.79 Å². The molecule has 0 aromatic rings. The van der Waals surface area contributed by atoms with Crippen LogP contribution >= 0.6 is 0 Å². The van der Waals surface area contributed by atoms with E-state index in [0.717, 1.165) is 6.08 Å². The minimum Gasteiger partial charge on any atom is -0.366 e. The molecule has 0 bridgehead atoms. The first-order valence-corrected chi connectivity index (χ1v) is 1.99. The predicted molar refractivity (Wildman–Crippen MR) is 27.1 cm³/mol. The monoisotopic (exact) mass is 131 g/mol. The zero-order valence-electron chi connectivity index (χ0n) is 4.40. The molecule has 3 N–H and O–H groups in total. The summed E-state index contributed by atoms with van der Waals surface area (Å²) in [5.41, 5.74) is 4.58. The number of amides is 1. The van der Waals surface area contributed by atoms with Crippen molar-refractivity contribution in [3.05, 3.63) is 12.2 Å². The minimum atomic E-state index is -1.03. The van der Waals surface area contributed by atoms with Crippen LogP contribution in [-0.2, 0) is 14.5 Å². The standard InChI is InChI=1S/C4H5NO4/c5-3(6)1-2-4(7)9-8/h1-2,8H,(H2,5,6)/b2-1+. The normalized spacial score (nSPS) is 9.44. The van der Waals surface area contributed by atoms with Crippen LogP contribution < -0.4 is 5.73 Å². The van der Waals surface area contributed by atoms with Crippen molar-refractivity contribution in [3.63, 3.8) is 0 Å². The van der Waals surface area contributed by atoms with Crippen LogP contribution in [0.15, 0.2) is 12.2 Å². The summed E-state index contributed by atoms with van der Waals surface area (Å²) < 4.78 is 0. The van der Waals surface area contributed by atoms with Crippen molar-refractivity contribution in [2.24, 2.45) is 5.73 Å². The number of carbonyl (C=O) groups is 2. The first-order valence-electron chi connectivity index (χ1n) is 1.99. The quantitative estimate of drug-likeness (QED) is 0.287. The minimum absolute atomic E-state index is 0.711. The Bertz CT molecular complexity index is 151. The number of rotatable bonds is 2. The number of carbonyl (C=O) groups excluding carboxylic acids is 2. The van der Waals surface area contributed by atoms with E-state index < -0.39 is 11.9 Å². The van der Waals surface area contributed by atoms with Gasteiger partial charge in [0.25, 0.3) is 0 Å². The van der Waals surface area contributed by atoms with Gasteiger partial charge in [-0.15, -0.1) is 0 Å². The fourth-order valence-electron chi connectivity index (χ4n) is 0.181. The zero-order chi connectivity index (χ0) is 7.28. The van der Waals surface area contributed by atoms with Crippen LogP contribution in [-0.4, -0.2) is 17.1 Å². The molecule has 50 valence electrons. The molecule has 0 aromatic carbocycles. The topological polar surface area (TPSA) is 89.6 Å². The molecule has 0 saturated carbocycles. The summed E-state index contributed by atoms with van der Waals surface area (Å²) in [7, 11) is 0. The maximum absolute atomic E-state index is 9.95. The third kappa shape index (κ3) is 4.49. The van der Waals surface area contributed by atoms with Gasteiger partial charge in [0, 0.05) is 12.2 Å². The summed E-state index contributed by atoms with van der Waals surface area (Å²) in [6.45, 7) is 0. The van der Waals surface area contributed by atoms with Crippen LogP contribution in [0.3, 0.4) is 0 Å². The molecular formula is C4H5NO4. The highest BCUT2D eigenvalue weighted by molar-refractivity contribution is 5.93. The van der Waals surface area contributed by atoms with Crippen LogP contribution in [0.2, 0.25) is 0 Å². The second-order valence-electron chi connectivity index (χ2n) is 1.15. The Hall–Kier alpha value is -1.36. The van der Waals surface area contributed by atoms with Crippen molar-refractivity contribution >= 4 is 11.9 Å². The Morgan fingerprint density at radius 1 is 1.44 bits per heavy atom. The molecule has 0 saturated heterocycles. The molecule has 1 amide bonds. The van der Waals surface area contributed by atoms with Crippen LogP contribution in [0.5, 0.6) is 0 Å². The molecule has 0 aliphatic heterocycles. The molecule has 0 radical (unpaired) electrons. The predicted octanol–water partition coefficient (Wildman–Crippen LogP) is -0.956. The van der Waals surface area contributed by atoms with E-state index >= 15 is 0 Å². The molecule has 0 aliphatic rings. The molecule has 0 aromatic heterocycles. The van der Waals surface area contributed by atoms with Gasteiger partial charge in [0.15, 0.2) is 0 Å². The average molecular weight is 131 g/mol. The third-order valence-corrected chi connectivity index (χ3v) is 0.474. The Morgan fingerprint density at radius 2 is 2.00 bits per heavy atom. The van der Waals surface area contributed by atoms with Gasteiger partial charge in [0.2, 0.25) is 5.91 Å². The van der Waals surface area contributed by atoms with Gasteiger partial charge in [-0.3, -0.25) is 9.68 Å². The highest BCUT2D eigenvalue weighted by atomic mass is 17.1. The first kappa shape index (κ1) is 7.64. The Kier molecular flexibility index (Phi) is 3.07. The van der Waals surface area contributed by atoms with Gasteiger partial charge in [-0.1, -0.05) is 0 Å². The fraction of sp³-hybridized carbons (Fsp3) is 0. The SMILES string of the molecule is NC(=O)/C=C/C(=O)OO. The van der Waals surface area contributed by atoms with E-state index in [1.165, 1.54) is 0 Å². The first-order chi connectivity index (χ1) is 4.16. The molecule has 0 unspecified atom stereocenters. The summed E-state index contributed by atoms with van der Waals surface area (Å²) >= 11 is 0. The smallest absolute Gasteiger partial charge is 0.365 e. The van der Waals surface area contributed by atoms with Crippen molar-refractivity contribution in [1.82, 2.24) is 0 Å². The van der Waals surface area contributed by atoms with E-state index in [0.29, 0.717) is 6.08 Å². The third-order valence-electron chi connectivity index (χ3n) is 0.474. The van der Waals surface area contributed by atoms with Crippen molar-refractivity contribution < 1.29 is 19.7 Å². The second-order valence-corrected chi connectivity index (χ2v) is 1.15. The van der Waals surface area contributed by atoms with Gasteiger partial charge < -0.3 is 5.73 Å². The fourth-order valence-corrected chi connectivity index (χ4v) is 0.181. The summed E-state index contributed by atoms with van der Waals surface area (Å²) in [5.74, 6) is -1.81. The molecule has 9 heavy (non-hydrogen) atoms. The van der Waals surface area contributed by atoms with E-state index in [-0.39, 0.29) is 0 Å². The lowest BCUT2D eigenvalue weighted by Crippen LogP contribution is -2.07. The highest BCUT2D eigenvalue weighted by Crippen LogP contribution is 1.74. The highest BCUT2D eigenvalue weighted by Gasteiger charge is 1.92. The molecular weight excluding hydrogens is 126 g/mol. The largest absolute Gasteiger partial charge is 0.366 e. The van der Waals surface area contributed by atoms with E-state index in [9.17, 15) is 9.59 Å². The lowest BCUT2D eigenvalue weighted by atomic mass is 10.5. The lowest BCUT2D eigenvalue weighted by Gasteiger charge is -1.82. The molecule has 5 heteroatoms. The second kappa shape index (κ2) is 3.62. The Morgan fingerprint density at radius 3 is 2.33 bits per heavy atom. The van der Waals surface area contributed by atoms with Crippen molar-refractivity contribution in [2.45, 2.75) is 0 Å². The van der Waals surface area contributed by atoms with Crippen LogP contribution in [0.25, 0.3) is 0 Å². The zero-order valence-corrected chi connectivity index (χ0v) is 4.40. The van der Waals surface area contributed by atoms with E-state index in [4.69, 9.17) is 5.26 Å². The van der Waals surface area contributed by atoms with Gasteiger partial charge in [-0.05, 0) is 0 Å². The van der Waals surface area contributed by atoms with E-state index in [1.54, 1.807) is 0 Å². The number of hydrogen-bond donors (Lipinski definition) is 2. The van der Waals surface area contributed by atoms with Gasteiger partial charge in [0.05, 0.1) is 0 Å². The molecule has 0 aliphatic carbocycles. The van der Waals surface area contributed by atoms with Crippen molar-refractivity contribution in [1.29, 1.82) is 0 Å². The van der Waals surface area contributed by atoms with Gasteiger partial charge in [0.1, 0.15) is 0 Å². The maximum Gasteiger partial charge on any atom is 0.365 e. The van der Waals surface area contributed by atoms with Crippen LogP contribution in [0, 0.1) is 0 Å². The molecule has 0 fully saturated rings. The number of nitrogens with two attached hydrogens (primary N) is 1. The van der Waals surface area contributed by atoms with Crippen molar-refractivity contribution in [2.75, 3.05) is 0 Å². The molecule has 0 rings (SSSR count). The van der Waals surface area contributed by atoms with Crippen LogP contribution in [0.4, 0.5) is 0 Å². The number of hydrogen-bond acceptors (Lipinski definition) is 4. The average Bonchev–Trinajstić information content (AvgIpc) is 1.83. The molecule has 0 atom stereocenters. The molecule has 0 heterocycles. The number of primary amides is 1. The molecule has 5 nitrogen and oxygen atoms in total. The van der Waals surface area contributed by atoms with Gasteiger partial charge in [-0.2, -0.15) is 5.26 Å². The van der Waals surface area contributed by atoms with Crippen LogP contribution in [0.1, 0.15) is 0 Å². The molecule has 0 spiro atoms. The van der Waals surface area contributed by atoms with Gasteiger partial charge >= 0.3 is 5.97 Å².